The molecule has 2 atom stereocenters. The third-order valence-corrected chi connectivity index (χ3v) is 4.77. The smallest absolute Gasteiger partial charge is 0.0235 e. The Kier molecular flexibility index (Phi) is 4.68. The van der Waals surface area contributed by atoms with Crippen LogP contribution in [-0.2, 0) is 0 Å². The molecule has 0 aliphatic carbocycles. The Bertz CT molecular complexity index is 253. The molecule has 2 aliphatic rings. The molecule has 3 nitrogen and oxygen atoms in total. The van der Waals surface area contributed by atoms with E-state index in [2.05, 4.69) is 30.6 Å². The van der Waals surface area contributed by atoms with Crippen LogP contribution in [0.3, 0.4) is 0 Å². The number of nitrogens with zero attached hydrogens (tertiary/aromatic N) is 2. The van der Waals surface area contributed by atoms with Crippen molar-refractivity contribution in [2.45, 2.75) is 58.5 Å². The number of rotatable bonds is 4. The Labute approximate surface area is 113 Å². The predicted molar refractivity (Wildman–Crippen MR) is 77.7 cm³/mol. The number of nitrogens with two attached hydrogens (primary N) is 1. The second kappa shape index (κ2) is 5.89. The maximum Gasteiger partial charge on any atom is 0.0235 e. The maximum absolute atomic E-state index is 6.25. The van der Waals surface area contributed by atoms with Gasteiger partial charge in [-0.3, -0.25) is 4.90 Å². The molecule has 0 aromatic carbocycles. The normalized spacial score (nSPS) is 29.0. The molecule has 2 unspecified atom stereocenters. The second-order valence-electron chi connectivity index (χ2n) is 7.25. The van der Waals surface area contributed by atoms with E-state index in [-0.39, 0.29) is 5.41 Å². The van der Waals surface area contributed by atoms with Gasteiger partial charge in [-0.15, -0.1) is 0 Å². The molecule has 0 saturated carbocycles. The monoisotopic (exact) mass is 253 g/mol. The van der Waals surface area contributed by atoms with Gasteiger partial charge in [0.2, 0.25) is 0 Å². The highest BCUT2D eigenvalue weighted by molar-refractivity contribution is 4.86. The Morgan fingerprint density at radius 1 is 1.17 bits per heavy atom. The summed E-state index contributed by atoms with van der Waals surface area (Å²) >= 11 is 0. The molecule has 2 fully saturated rings. The van der Waals surface area contributed by atoms with Crippen LogP contribution in [-0.4, -0.2) is 54.6 Å². The molecule has 0 bridgehead atoms. The summed E-state index contributed by atoms with van der Waals surface area (Å²) in [5.41, 5.74) is 6.49. The van der Waals surface area contributed by atoms with Gasteiger partial charge in [-0.2, -0.15) is 0 Å². The summed E-state index contributed by atoms with van der Waals surface area (Å²) in [5.74, 6) is 0. The van der Waals surface area contributed by atoms with Crippen molar-refractivity contribution in [2.24, 2.45) is 11.1 Å². The van der Waals surface area contributed by atoms with Gasteiger partial charge in [0.1, 0.15) is 0 Å². The molecular weight excluding hydrogens is 222 g/mol. The molecule has 0 spiro atoms. The predicted octanol–water partition coefficient (Wildman–Crippen LogP) is 1.92. The molecular formula is C15H31N3. The molecule has 2 saturated heterocycles. The minimum absolute atomic E-state index is 0.244. The van der Waals surface area contributed by atoms with Gasteiger partial charge < -0.3 is 10.6 Å². The fraction of sp³-hybridized carbons (Fsp3) is 1.00. The third-order valence-electron chi connectivity index (χ3n) is 4.77. The Morgan fingerprint density at radius 2 is 1.83 bits per heavy atom. The summed E-state index contributed by atoms with van der Waals surface area (Å²) in [7, 11) is 0. The fourth-order valence-electron chi connectivity index (χ4n) is 3.17. The van der Waals surface area contributed by atoms with E-state index < -0.39 is 0 Å². The summed E-state index contributed by atoms with van der Waals surface area (Å²) in [6.45, 7) is 13.1. The van der Waals surface area contributed by atoms with Gasteiger partial charge >= 0.3 is 0 Å². The highest BCUT2D eigenvalue weighted by Crippen LogP contribution is 2.23. The second-order valence-corrected chi connectivity index (χ2v) is 7.25. The molecule has 2 N–H and O–H groups in total. The van der Waals surface area contributed by atoms with Crippen molar-refractivity contribution in [3.8, 4) is 0 Å². The van der Waals surface area contributed by atoms with Crippen LogP contribution in [0.5, 0.6) is 0 Å². The van der Waals surface area contributed by atoms with Gasteiger partial charge in [0, 0.05) is 18.6 Å². The zero-order chi connectivity index (χ0) is 13.2. The van der Waals surface area contributed by atoms with Crippen LogP contribution in [0.1, 0.15) is 46.5 Å². The lowest BCUT2D eigenvalue weighted by Crippen LogP contribution is -2.39. The van der Waals surface area contributed by atoms with E-state index in [1.807, 2.05) is 0 Å². The van der Waals surface area contributed by atoms with Gasteiger partial charge in [0.25, 0.3) is 0 Å². The number of hydrogen-bond donors (Lipinski definition) is 1. The maximum atomic E-state index is 6.25. The Balaban J connectivity index is 1.69. The first-order valence-electron chi connectivity index (χ1n) is 7.69. The standard InChI is InChI=1S/C15H31N3/c1-15(2,3)14(16)7-11-17-10-6-13(12-17)18-8-4-5-9-18/h13-14H,4-12,16H2,1-3H3. The van der Waals surface area contributed by atoms with Crippen molar-refractivity contribution in [1.29, 1.82) is 0 Å². The first-order valence-corrected chi connectivity index (χ1v) is 7.69. The van der Waals surface area contributed by atoms with Crippen molar-refractivity contribution >= 4 is 0 Å². The molecule has 0 radical (unpaired) electrons. The molecule has 2 aliphatic heterocycles. The molecule has 2 heterocycles. The van der Waals surface area contributed by atoms with Crippen LogP contribution in [0.25, 0.3) is 0 Å². The van der Waals surface area contributed by atoms with Gasteiger partial charge in [0.15, 0.2) is 0 Å². The van der Waals surface area contributed by atoms with Crippen LogP contribution >= 0.6 is 0 Å². The summed E-state index contributed by atoms with van der Waals surface area (Å²) in [6, 6.07) is 1.15. The van der Waals surface area contributed by atoms with Crippen LogP contribution < -0.4 is 5.73 Å². The lowest BCUT2D eigenvalue weighted by molar-refractivity contribution is 0.218. The number of hydrogen-bond acceptors (Lipinski definition) is 3. The minimum atomic E-state index is 0.244. The van der Waals surface area contributed by atoms with Crippen LogP contribution in [0, 0.1) is 5.41 Å². The quantitative estimate of drug-likeness (QED) is 0.831. The van der Waals surface area contributed by atoms with E-state index in [0.29, 0.717) is 6.04 Å². The largest absolute Gasteiger partial charge is 0.327 e. The van der Waals surface area contributed by atoms with E-state index in [1.54, 1.807) is 0 Å². The SMILES string of the molecule is CC(C)(C)C(N)CCN1CCC(N2CCCC2)C1. The summed E-state index contributed by atoms with van der Waals surface area (Å²) in [6.07, 6.45) is 5.32. The topological polar surface area (TPSA) is 32.5 Å². The van der Waals surface area contributed by atoms with Gasteiger partial charge in [-0.1, -0.05) is 20.8 Å². The number of likely N-dealkylation sites (tertiary alicyclic amines) is 2. The van der Waals surface area contributed by atoms with Gasteiger partial charge in [-0.05, 0) is 57.3 Å². The highest BCUT2D eigenvalue weighted by atomic mass is 15.3. The molecule has 3 heteroatoms. The summed E-state index contributed by atoms with van der Waals surface area (Å²) in [5, 5.41) is 0. The Hall–Kier alpha value is -0.120. The zero-order valence-electron chi connectivity index (χ0n) is 12.5. The average molecular weight is 253 g/mol. The summed E-state index contributed by atoms with van der Waals surface area (Å²) < 4.78 is 0. The zero-order valence-corrected chi connectivity index (χ0v) is 12.5. The first-order chi connectivity index (χ1) is 8.47. The van der Waals surface area contributed by atoms with Crippen molar-refractivity contribution in [3.05, 3.63) is 0 Å². The van der Waals surface area contributed by atoms with Crippen LogP contribution in [0.4, 0.5) is 0 Å². The lowest BCUT2D eigenvalue weighted by atomic mass is 9.85. The highest BCUT2D eigenvalue weighted by Gasteiger charge is 2.29. The van der Waals surface area contributed by atoms with Crippen molar-refractivity contribution in [2.75, 3.05) is 32.7 Å². The first kappa shape index (κ1) is 14.3. The molecule has 2 rings (SSSR count). The van der Waals surface area contributed by atoms with Gasteiger partial charge in [-0.25, -0.2) is 0 Å². The minimum Gasteiger partial charge on any atom is -0.327 e. The van der Waals surface area contributed by atoms with Crippen LogP contribution in [0.2, 0.25) is 0 Å². The van der Waals surface area contributed by atoms with E-state index in [1.165, 1.54) is 52.0 Å². The van der Waals surface area contributed by atoms with Crippen molar-refractivity contribution in [1.82, 2.24) is 9.80 Å². The van der Waals surface area contributed by atoms with E-state index in [9.17, 15) is 0 Å². The van der Waals surface area contributed by atoms with Gasteiger partial charge in [0.05, 0.1) is 0 Å². The van der Waals surface area contributed by atoms with E-state index in [4.69, 9.17) is 5.73 Å². The average Bonchev–Trinajstić information content (AvgIpc) is 2.94. The van der Waals surface area contributed by atoms with Crippen molar-refractivity contribution in [3.63, 3.8) is 0 Å². The third kappa shape index (κ3) is 3.69. The van der Waals surface area contributed by atoms with Crippen molar-refractivity contribution < 1.29 is 0 Å². The molecule has 106 valence electrons. The summed E-state index contributed by atoms with van der Waals surface area (Å²) in [4.78, 5) is 5.32. The molecule has 0 aromatic heterocycles. The molecule has 18 heavy (non-hydrogen) atoms. The van der Waals surface area contributed by atoms with Crippen LogP contribution in [0.15, 0.2) is 0 Å². The Morgan fingerprint density at radius 3 is 2.44 bits per heavy atom. The van der Waals surface area contributed by atoms with E-state index >= 15 is 0 Å². The molecule has 0 amide bonds. The molecule has 0 aromatic rings. The van der Waals surface area contributed by atoms with E-state index in [0.717, 1.165) is 12.5 Å². The fourth-order valence-corrected chi connectivity index (χ4v) is 3.17. The lowest BCUT2D eigenvalue weighted by Gasteiger charge is -2.29.